The van der Waals surface area contributed by atoms with Crippen LogP contribution in [0.5, 0.6) is 0 Å². The Balaban J connectivity index is 1.70. The molecule has 23 heavy (non-hydrogen) atoms. The van der Waals surface area contributed by atoms with Crippen molar-refractivity contribution in [2.45, 2.75) is 44.6 Å². The van der Waals surface area contributed by atoms with Crippen LogP contribution >= 0.6 is 0 Å². The van der Waals surface area contributed by atoms with Gasteiger partial charge in [-0.3, -0.25) is 9.59 Å². The number of anilines is 1. The lowest BCUT2D eigenvalue weighted by Gasteiger charge is -2.19. The lowest BCUT2D eigenvalue weighted by Crippen LogP contribution is -2.43. The first-order valence-corrected chi connectivity index (χ1v) is 7.70. The molecule has 0 atom stereocenters. The first-order chi connectivity index (χ1) is 10.9. The first kappa shape index (κ1) is 15.8. The summed E-state index contributed by atoms with van der Waals surface area (Å²) in [5, 5.41) is 5.06. The fraction of sp³-hybridized carbons (Fsp3) is 0.500. The average Bonchev–Trinajstić information content (AvgIpc) is 3.20. The number of nitrogens with one attached hydrogen (secondary N) is 2. The largest absolute Gasteiger partial charge is 0.352 e. The molecule has 0 heterocycles. The van der Waals surface area contributed by atoms with Gasteiger partial charge in [-0.15, -0.1) is 0 Å². The number of carbonyl (C=O) groups is 2. The smallest absolute Gasteiger partial charge is 0.240 e. The van der Waals surface area contributed by atoms with Crippen LogP contribution in [0, 0.1) is 22.9 Å². The van der Waals surface area contributed by atoms with E-state index in [0.29, 0.717) is 12.8 Å². The maximum Gasteiger partial charge on any atom is 0.240 e. The topological polar surface area (TPSA) is 58.2 Å². The summed E-state index contributed by atoms with van der Waals surface area (Å²) in [6, 6.07) is 1.75. The number of carbonyl (C=O) groups excluding carboxylic acids is 2. The fourth-order valence-electron chi connectivity index (χ4n) is 2.94. The van der Waals surface area contributed by atoms with E-state index in [-0.39, 0.29) is 11.9 Å². The van der Waals surface area contributed by atoms with Crippen molar-refractivity contribution in [1.29, 1.82) is 0 Å². The van der Waals surface area contributed by atoms with Crippen molar-refractivity contribution in [2.24, 2.45) is 5.41 Å². The van der Waals surface area contributed by atoms with Gasteiger partial charge in [-0.05, 0) is 37.8 Å². The second-order valence-electron chi connectivity index (χ2n) is 6.21. The van der Waals surface area contributed by atoms with Crippen LogP contribution in [0.3, 0.4) is 0 Å². The quantitative estimate of drug-likeness (QED) is 0.660. The molecule has 2 aliphatic carbocycles. The third-order valence-electron chi connectivity index (χ3n) is 4.59. The molecule has 1 aromatic carbocycles. The minimum atomic E-state index is -1.65. The summed E-state index contributed by atoms with van der Waals surface area (Å²) in [7, 11) is 0. The van der Waals surface area contributed by atoms with E-state index in [1.54, 1.807) is 0 Å². The molecular formula is C16H17F3N2O2. The number of hydrogen-bond donors (Lipinski definition) is 2. The van der Waals surface area contributed by atoms with Gasteiger partial charge < -0.3 is 10.6 Å². The van der Waals surface area contributed by atoms with E-state index in [9.17, 15) is 22.8 Å². The Bertz CT molecular complexity index is 653. The fourth-order valence-corrected chi connectivity index (χ4v) is 2.94. The molecule has 3 rings (SSSR count). The van der Waals surface area contributed by atoms with Gasteiger partial charge >= 0.3 is 0 Å². The standard InChI is InChI=1S/C16H17F3N2O2/c17-10-5-6-11(13(19)12(10)18)21-15(23)16(7-8-16)14(22)20-9-3-1-2-4-9/h5-6,9H,1-4,7-8H2,(H,20,22)(H,21,23). The van der Waals surface area contributed by atoms with Gasteiger partial charge in [-0.25, -0.2) is 13.2 Å². The summed E-state index contributed by atoms with van der Waals surface area (Å²) in [5.41, 5.74) is -1.69. The van der Waals surface area contributed by atoms with Crippen LogP contribution in [0.15, 0.2) is 12.1 Å². The van der Waals surface area contributed by atoms with E-state index in [1.807, 2.05) is 0 Å². The van der Waals surface area contributed by atoms with Gasteiger partial charge in [0.1, 0.15) is 5.41 Å². The molecule has 1 aromatic rings. The highest BCUT2D eigenvalue weighted by molar-refractivity contribution is 6.13. The molecule has 0 saturated heterocycles. The molecule has 2 amide bonds. The Kier molecular flexibility index (Phi) is 4.04. The molecule has 2 saturated carbocycles. The summed E-state index contributed by atoms with van der Waals surface area (Å²) in [4.78, 5) is 24.6. The van der Waals surface area contributed by atoms with Crippen LogP contribution in [-0.2, 0) is 9.59 Å². The minimum Gasteiger partial charge on any atom is -0.352 e. The molecule has 2 aliphatic rings. The third kappa shape index (κ3) is 2.92. The Morgan fingerprint density at radius 3 is 2.26 bits per heavy atom. The van der Waals surface area contributed by atoms with Gasteiger partial charge in [0.15, 0.2) is 17.5 Å². The van der Waals surface area contributed by atoms with Gasteiger partial charge in [0.05, 0.1) is 5.69 Å². The van der Waals surface area contributed by atoms with Crippen molar-refractivity contribution < 1.29 is 22.8 Å². The van der Waals surface area contributed by atoms with Crippen molar-refractivity contribution in [3.05, 3.63) is 29.6 Å². The maximum absolute atomic E-state index is 13.6. The zero-order valence-electron chi connectivity index (χ0n) is 12.4. The van der Waals surface area contributed by atoms with Crippen molar-refractivity contribution in [3.63, 3.8) is 0 Å². The molecule has 4 nitrogen and oxygen atoms in total. The second-order valence-corrected chi connectivity index (χ2v) is 6.21. The molecular weight excluding hydrogens is 309 g/mol. The molecule has 0 unspecified atom stereocenters. The number of benzene rings is 1. The maximum atomic E-state index is 13.6. The lowest BCUT2D eigenvalue weighted by atomic mass is 10.0. The normalized spacial score (nSPS) is 19.4. The van der Waals surface area contributed by atoms with Crippen LogP contribution < -0.4 is 10.6 Å². The van der Waals surface area contributed by atoms with Gasteiger partial charge in [-0.2, -0.15) is 0 Å². The summed E-state index contributed by atoms with van der Waals surface area (Å²) in [6.07, 6.45) is 4.60. The number of hydrogen-bond acceptors (Lipinski definition) is 2. The lowest BCUT2D eigenvalue weighted by molar-refractivity contribution is -0.134. The molecule has 0 radical (unpaired) electrons. The van der Waals surface area contributed by atoms with Gasteiger partial charge in [-0.1, -0.05) is 12.8 Å². The zero-order chi connectivity index (χ0) is 16.6. The average molecular weight is 326 g/mol. The van der Waals surface area contributed by atoms with Crippen LogP contribution in [0.4, 0.5) is 18.9 Å². The summed E-state index contributed by atoms with van der Waals surface area (Å²) < 4.78 is 39.7. The van der Waals surface area contributed by atoms with Crippen LogP contribution in [0.25, 0.3) is 0 Å². The zero-order valence-corrected chi connectivity index (χ0v) is 12.4. The second kappa shape index (κ2) is 5.86. The SMILES string of the molecule is O=C(Nc1ccc(F)c(F)c1F)C1(C(=O)NC2CCCC2)CC1. The van der Waals surface area contributed by atoms with E-state index in [0.717, 1.165) is 37.8 Å². The highest BCUT2D eigenvalue weighted by atomic mass is 19.2. The van der Waals surface area contributed by atoms with Gasteiger partial charge in [0.25, 0.3) is 0 Å². The number of halogens is 3. The Hall–Kier alpha value is -2.05. The van der Waals surface area contributed by atoms with Crippen molar-refractivity contribution in [2.75, 3.05) is 5.32 Å². The summed E-state index contributed by atoms with van der Waals surface area (Å²) in [6.45, 7) is 0. The van der Waals surface area contributed by atoms with Crippen molar-refractivity contribution in [3.8, 4) is 0 Å². The summed E-state index contributed by atoms with van der Waals surface area (Å²) >= 11 is 0. The van der Waals surface area contributed by atoms with Crippen molar-refractivity contribution in [1.82, 2.24) is 5.32 Å². The predicted molar refractivity (Wildman–Crippen MR) is 77.0 cm³/mol. The van der Waals surface area contributed by atoms with E-state index in [4.69, 9.17) is 0 Å². The predicted octanol–water partition coefficient (Wildman–Crippen LogP) is 2.88. The molecule has 124 valence electrons. The first-order valence-electron chi connectivity index (χ1n) is 7.70. The summed E-state index contributed by atoms with van der Waals surface area (Å²) in [5.74, 6) is -5.50. The van der Waals surface area contributed by atoms with Crippen LogP contribution in [0.1, 0.15) is 38.5 Å². The van der Waals surface area contributed by atoms with E-state index in [2.05, 4.69) is 10.6 Å². The van der Waals surface area contributed by atoms with E-state index >= 15 is 0 Å². The van der Waals surface area contributed by atoms with Gasteiger partial charge in [0, 0.05) is 6.04 Å². The Morgan fingerprint density at radius 2 is 1.65 bits per heavy atom. The van der Waals surface area contributed by atoms with Crippen LogP contribution in [0.2, 0.25) is 0 Å². The number of rotatable bonds is 4. The Labute approximate surface area is 131 Å². The molecule has 2 N–H and O–H groups in total. The highest BCUT2D eigenvalue weighted by Gasteiger charge is 2.57. The molecule has 7 heteroatoms. The monoisotopic (exact) mass is 326 g/mol. The molecule has 0 aromatic heterocycles. The third-order valence-corrected chi connectivity index (χ3v) is 4.59. The molecule has 0 bridgehead atoms. The molecule has 0 aliphatic heterocycles. The van der Waals surface area contributed by atoms with Gasteiger partial charge in [0.2, 0.25) is 11.8 Å². The highest BCUT2D eigenvalue weighted by Crippen LogP contribution is 2.47. The van der Waals surface area contributed by atoms with E-state index in [1.165, 1.54) is 0 Å². The minimum absolute atomic E-state index is 0.0766. The molecule has 0 spiro atoms. The van der Waals surface area contributed by atoms with Crippen molar-refractivity contribution >= 4 is 17.5 Å². The molecule has 2 fully saturated rings. The van der Waals surface area contributed by atoms with E-state index < -0.39 is 34.5 Å². The number of amides is 2. The Morgan fingerprint density at radius 1 is 1.00 bits per heavy atom. The van der Waals surface area contributed by atoms with Crippen LogP contribution in [-0.4, -0.2) is 17.9 Å².